The Bertz CT molecular complexity index is 379. The van der Waals surface area contributed by atoms with Crippen LogP contribution >= 0.6 is 0 Å². The van der Waals surface area contributed by atoms with Crippen LogP contribution in [-0.2, 0) is 4.79 Å². The van der Waals surface area contributed by atoms with Gasteiger partial charge in [0, 0.05) is 18.0 Å². The van der Waals surface area contributed by atoms with Crippen LogP contribution in [0.4, 0.5) is 13.2 Å². The van der Waals surface area contributed by atoms with E-state index in [9.17, 15) is 18.0 Å². The fourth-order valence-corrected chi connectivity index (χ4v) is 0.656. The number of halogens is 3. The summed E-state index contributed by atoms with van der Waals surface area (Å²) in [6.07, 6.45) is -1.94. The first-order valence-corrected chi connectivity index (χ1v) is 4.22. The van der Waals surface area contributed by atoms with Crippen LogP contribution in [0.3, 0.4) is 0 Å². The number of carboxylic acids is 1. The minimum absolute atomic E-state index is 0.0533. The molecule has 0 atom stereocenters. The molecule has 0 bridgehead atoms. The molecule has 0 spiro atoms. The number of rotatable bonds is 2. The molecule has 1 aromatic heterocycles. The predicted octanol–water partition coefficient (Wildman–Crippen LogP) is 0.856. The molecule has 17 heavy (non-hydrogen) atoms. The summed E-state index contributed by atoms with van der Waals surface area (Å²) in [4.78, 5) is 23.5. The number of nitrogens with zero attached hydrogens (tertiary/aromatic N) is 1. The number of pyridine rings is 1. The van der Waals surface area contributed by atoms with Crippen molar-refractivity contribution in [3.8, 4) is 0 Å². The molecule has 0 saturated heterocycles. The maximum absolute atomic E-state index is 10.9. The molecule has 0 aromatic carbocycles. The van der Waals surface area contributed by atoms with Gasteiger partial charge in [-0.05, 0) is 12.1 Å². The van der Waals surface area contributed by atoms with Crippen molar-refractivity contribution in [2.75, 3.05) is 6.54 Å². The third-order valence-corrected chi connectivity index (χ3v) is 1.43. The molecule has 1 heterocycles. The molecular weight excluding hydrogens is 241 g/mol. The molecule has 0 aliphatic carbocycles. The standard InChI is InChI=1S/C7H8N2O.C2HF3O2/c8-5-7(10)6-1-3-9-4-2-6;3-2(4,5)1(6)7/h1-4H,5,8H2;(H,6,7). The monoisotopic (exact) mass is 250 g/mol. The lowest BCUT2D eigenvalue weighted by Crippen LogP contribution is -2.21. The zero-order chi connectivity index (χ0) is 13.5. The number of carbonyl (C=O) groups is 2. The van der Waals surface area contributed by atoms with Crippen molar-refractivity contribution in [3.63, 3.8) is 0 Å². The van der Waals surface area contributed by atoms with Crippen LogP contribution in [0.1, 0.15) is 10.4 Å². The number of hydrogen-bond acceptors (Lipinski definition) is 4. The van der Waals surface area contributed by atoms with Gasteiger partial charge in [0.2, 0.25) is 0 Å². The van der Waals surface area contributed by atoms with Crippen molar-refractivity contribution in [1.82, 2.24) is 4.98 Å². The largest absolute Gasteiger partial charge is 0.490 e. The molecule has 0 aliphatic heterocycles. The Morgan fingerprint density at radius 1 is 1.29 bits per heavy atom. The molecule has 3 N–H and O–H groups in total. The van der Waals surface area contributed by atoms with E-state index in [-0.39, 0.29) is 12.3 Å². The van der Waals surface area contributed by atoms with Gasteiger partial charge in [-0.3, -0.25) is 9.78 Å². The molecule has 1 rings (SSSR count). The Labute approximate surface area is 94.1 Å². The third-order valence-electron chi connectivity index (χ3n) is 1.43. The second kappa shape index (κ2) is 6.59. The number of ketones is 1. The van der Waals surface area contributed by atoms with E-state index in [0.717, 1.165) is 0 Å². The fraction of sp³-hybridized carbons (Fsp3) is 0.222. The van der Waals surface area contributed by atoms with E-state index in [2.05, 4.69) is 4.98 Å². The number of aliphatic carboxylic acids is 1. The maximum atomic E-state index is 10.9. The van der Waals surface area contributed by atoms with E-state index < -0.39 is 12.1 Å². The first kappa shape index (κ1) is 15.0. The Morgan fingerprint density at radius 3 is 2.00 bits per heavy atom. The van der Waals surface area contributed by atoms with E-state index in [1.54, 1.807) is 24.5 Å². The van der Waals surface area contributed by atoms with E-state index in [1.165, 1.54) is 0 Å². The molecule has 5 nitrogen and oxygen atoms in total. The SMILES string of the molecule is NCC(=O)c1ccncc1.O=C(O)C(F)(F)F. The Hall–Kier alpha value is -1.96. The molecule has 94 valence electrons. The number of alkyl halides is 3. The molecule has 0 aliphatic rings. The molecule has 0 unspecified atom stereocenters. The summed E-state index contributed by atoms with van der Waals surface area (Å²) in [7, 11) is 0. The highest BCUT2D eigenvalue weighted by atomic mass is 19.4. The van der Waals surface area contributed by atoms with Gasteiger partial charge in [-0.15, -0.1) is 0 Å². The summed E-state index contributed by atoms with van der Waals surface area (Å²) in [6.45, 7) is 0.0595. The Balaban J connectivity index is 0.000000325. The molecule has 0 radical (unpaired) electrons. The van der Waals surface area contributed by atoms with Crippen LogP contribution in [0.25, 0.3) is 0 Å². The minimum Gasteiger partial charge on any atom is -0.475 e. The summed E-state index contributed by atoms with van der Waals surface area (Å²) in [5.41, 5.74) is 5.76. The second-order valence-corrected chi connectivity index (χ2v) is 2.67. The molecule has 0 fully saturated rings. The number of carboxylic acid groups (broad SMARTS) is 1. The van der Waals surface area contributed by atoms with E-state index in [1.807, 2.05) is 0 Å². The highest BCUT2D eigenvalue weighted by Crippen LogP contribution is 2.13. The van der Waals surface area contributed by atoms with Crippen molar-refractivity contribution >= 4 is 11.8 Å². The quantitative estimate of drug-likeness (QED) is 0.759. The summed E-state index contributed by atoms with van der Waals surface area (Å²) in [6, 6.07) is 3.30. The topological polar surface area (TPSA) is 93.3 Å². The van der Waals surface area contributed by atoms with Gasteiger partial charge >= 0.3 is 12.1 Å². The normalized spacial score (nSPS) is 10.1. The van der Waals surface area contributed by atoms with Crippen LogP contribution in [0.2, 0.25) is 0 Å². The fourth-order valence-electron chi connectivity index (χ4n) is 0.656. The van der Waals surface area contributed by atoms with Crippen LogP contribution in [-0.4, -0.2) is 34.6 Å². The van der Waals surface area contributed by atoms with Crippen LogP contribution in [0.5, 0.6) is 0 Å². The Morgan fingerprint density at radius 2 is 1.71 bits per heavy atom. The predicted molar refractivity (Wildman–Crippen MR) is 51.3 cm³/mol. The van der Waals surface area contributed by atoms with Gasteiger partial charge < -0.3 is 10.8 Å². The van der Waals surface area contributed by atoms with Gasteiger partial charge in [0.05, 0.1) is 6.54 Å². The highest BCUT2D eigenvalue weighted by Gasteiger charge is 2.38. The smallest absolute Gasteiger partial charge is 0.475 e. The first-order valence-electron chi connectivity index (χ1n) is 4.22. The van der Waals surface area contributed by atoms with Crippen LogP contribution < -0.4 is 5.73 Å². The second-order valence-electron chi connectivity index (χ2n) is 2.67. The zero-order valence-electron chi connectivity index (χ0n) is 8.44. The molecule has 0 amide bonds. The van der Waals surface area contributed by atoms with Crippen molar-refractivity contribution in [2.45, 2.75) is 6.18 Å². The summed E-state index contributed by atoms with van der Waals surface area (Å²) >= 11 is 0. The van der Waals surface area contributed by atoms with Crippen LogP contribution in [0.15, 0.2) is 24.5 Å². The van der Waals surface area contributed by atoms with Crippen LogP contribution in [0, 0.1) is 0 Å². The summed E-state index contributed by atoms with van der Waals surface area (Å²) in [5, 5.41) is 7.12. The van der Waals surface area contributed by atoms with Gasteiger partial charge in [-0.2, -0.15) is 13.2 Å². The Kier molecular flexibility index (Phi) is 5.83. The van der Waals surface area contributed by atoms with Gasteiger partial charge in [-0.1, -0.05) is 0 Å². The van der Waals surface area contributed by atoms with Gasteiger partial charge in [0.1, 0.15) is 0 Å². The minimum atomic E-state index is -5.08. The van der Waals surface area contributed by atoms with Crippen molar-refractivity contribution in [3.05, 3.63) is 30.1 Å². The van der Waals surface area contributed by atoms with Gasteiger partial charge in [0.15, 0.2) is 5.78 Å². The lowest BCUT2D eigenvalue weighted by molar-refractivity contribution is -0.192. The maximum Gasteiger partial charge on any atom is 0.490 e. The molecule has 0 saturated carbocycles. The zero-order valence-corrected chi connectivity index (χ0v) is 8.44. The highest BCUT2D eigenvalue weighted by molar-refractivity contribution is 5.97. The number of Topliss-reactive ketones (excluding diaryl/α,β-unsaturated/α-hetero) is 1. The van der Waals surface area contributed by atoms with Crippen molar-refractivity contribution in [1.29, 1.82) is 0 Å². The van der Waals surface area contributed by atoms with Gasteiger partial charge in [0.25, 0.3) is 0 Å². The lowest BCUT2D eigenvalue weighted by Gasteiger charge is -1.93. The average Bonchev–Trinajstić information content (AvgIpc) is 2.28. The van der Waals surface area contributed by atoms with Crippen molar-refractivity contribution < 1.29 is 27.9 Å². The average molecular weight is 250 g/mol. The van der Waals surface area contributed by atoms with E-state index in [0.29, 0.717) is 5.56 Å². The summed E-state index contributed by atoms with van der Waals surface area (Å²) < 4.78 is 31.7. The van der Waals surface area contributed by atoms with Crippen molar-refractivity contribution in [2.24, 2.45) is 5.73 Å². The third kappa shape index (κ3) is 6.25. The first-order chi connectivity index (χ1) is 7.79. The number of nitrogens with two attached hydrogens (primary N) is 1. The summed E-state index contributed by atoms with van der Waals surface area (Å²) in [5.74, 6) is -2.81. The number of hydrogen-bond donors (Lipinski definition) is 2. The molecular formula is C9H9F3N2O3. The molecule has 1 aromatic rings. The lowest BCUT2D eigenvalue weighted by atomic mass is 10.2. The number of aromatic nitrogens is 1. The molecule has 8 heteroatoms. The van der Waals surface area contributed by atoms with E-state index >= 15 is 0 Å². The van der Waals surface area contributed by atoms with Gasteiger partial charge in [-0.25, -0.2) is 4.79 Å². The number of carbonyl (C=O) groups excluding carboxylic acids is 1. The van der Waals surface area contributed by atoms with E-state index in [4.69, 9.17) is 15.6 Å².